The second-order valence-electron chi connectivity index (χ2n) is 7.25. The second-order valence-corrected chi connectivity index (χ2v) is 7.25. The van der Waals surface area contributed by atoms with Gasteiger partial charge in [0, 0.05) is 24.3 Å². The molecule has 0 aliphatic carbocycles. The lowest BCUT2D eigenvalue weighted by molar-refractivity contribution is -0.119. The molecule has 0 radical (unpaired) electrons. The Kier molecular flexibility index (Phi) is 6.19. The average Bonchev–Trinajstić information content (AvgIpc) is 2.69. The number of amides is 2. The number of hydrogen-bond donors (Lipinski definition) is 1. The number of methoxy groups -OCH3 is 1. The molecule has 6 nitrogen and oxygen atoms in total. The van der Waals surface area contributed by atoms with Crippen LogP contribution < -0.4 is 19.7 Å². The summed E-state index contributed by atoms with van der Waals surface area (Å²) in [5.74, 6) is 1.65. The van der Waals surface area contributed by atoms with Crippen molar-refractivity contribution in [2.75, 3.05) is 30.5 Å². The van der Waals surface area contributed by atoms with Crippen LogP contribution in [0.5, 0.6) is 11.5 Å². The largest absolute Gasteiger partial charge is 0.497 e. The van der Waals surface area contributed by atoms with Crippen molar-refractivity contribution in [2.24, 2.45) is 5.92 Å². The summed E-state index contributed by atoms with van der Waals surface area (Å²) in [6, 6.07) is 12.8. The molecule has 0 spiro atoms. The molecule has 28 heavy (non-hydrogen) atoms. The van der Waals surface area contributed by atoms with Crippen LogP contribution in [0.3, 0.4) is 0 Å². The molecular weight excluding hydrogens is 356 g/mol. The van der Waals surface area contributed by atoms with E-state index in [2.05, 4.69) is 19.2 Å². The summed E-state index contributed by atoms with van der Waals surface area (Å²) in [6.45, 7) is 4.81. The molecule has 0 saturated carbocycles. The van der Waals surface area contributed by atoms with Gasteiger partial charge in [0.2, 0.25) is 5.91 Å². The summed E-state index contributed by atoms with van der Waals surface area (Å²) in [5, 5.41) is 2.86. The second kappa shape index (κ2) is 8.78. The van der Waals surface area contributed by atoms with Gasteiger partial charge in [-0.05, 0) is 60.4 Å². The van der Waals surface area contributed by atoms with Gasteiger partial charge in [0.15, 0.2) is 6.61 Å². The van der Waals surface area contributed by atoms with Crippen LogP contribution in [0.15, 0.2) is 42.5 Å². The van der Waals surface area contributed by atoms with Gasteiger partial charge in [0.25, 0.3) is 5.91 Å². The Morgan fingerprint density at radius 2 is 1.82 bits per heavy atom. The zero-order chi connectivity index (χ0) is 20.1. The molecule has 148 valence electrons. The predicted molar refractivity (Wildman–Crippen MR) is 109 cm³/mol. The number of rotatable bonds is 7. The van der Waals surface area contributed by atoms with Crippen molar-refractivity contribution >= 4 is 23.2 Å². The lowest BCUT2D eigenvalue weighted by Gasteiger charge is -2.31. The summed E-state index contributed by atoms with van der Waals surface area (Å²) < 4.78 is 10.6. The normalized spacial score (nSPS) is 13.3. The molecule has 1 heterocycles. The number of carbonyl (C=O) groups is 2. The van der Waals surface area contributed by atoms with Crippen molar-refractivity contribution in [1.29, 1.82) is 0 Å². The number of aryl methyl sites for hydroxylation is 1. The fraction of sp³-hybridized carbons (Fsp3) is 0.364. The van der Waals surface area contributed by atoms with Gasteiger partial charge in [-0.25, -0.2) is 0 Å². The van der Waals surface area contributed by atoms with Crippen LogP contribution >= 0.6 is 0 Å². The van der Waals surface area contributed by atoms with Crippen LogP contribution in [0.4, 0.5) is 11.4 Å². The van der Waals surface area contributed by atoms with Crippen molar-refractivity contribution in [3.05, 3.63) is 48.0 Å². The highest BCUT2D eigenvalue weighted by Crippen LogP contribution is 2.31. The van der Waals surface area contributed by atoms with Crippen LogP contribution in [0.25, 0.3) is 0 Å². The maximum Gasteiger partial charge on any atom is 0.262 e. The minimum Gasteiger partial charge on any atom is -0.497 e. The third-order valence-corrected chi connectivity index (χ3v) is 4.54. The summed E-state index contributed by atoms with van der Waals surface area (Å²) >= 11 is 0. The van der Waals surface area contributed by atoms with E-state index in [0.717, 1.165) is 17.0 Å². The molecule has 0 atom stereocenters. The molecule has 1 aliphatic rings. The van der Waals surface area contributed by atoms with Crippen molar-refractivity contribution in [3.63, 3.8) is 0 Å². The van der Waals surface area contributed by atoms with E-state index in [9.17, 15) is 9.59 Å². The third kappa shape index (κ3) is 4.82. The maximum atomic E-state index is 12.2. The molecule has 0 saturated heterocycles. The Hall–Kier alpha value is -3.02. The quantitative estimate of drug-likeness (QED) is 0.794. The monoisotopic (exact) mass is 382 g/mol. The highest BCUT2D eigenvalue weighted by Gasteiger charge is 2.24. The topological polar surface area (TPSA) is 67.9 Å². The van der Waals surface area contributed by atoms with E-state index >= 15 is 0 Å². The van der Waals surface area contributed by atoms with Crippen LogP contribution in [0.2, 0.25) is 0 Å². The summed E-state index contributed by atoms with van der Waals surface area (Å²) in [6.07, 6.45) is 1.19. The van der Waals surface area contributed by atoms with Gasteiger partial charge < -0.3 is 19.7 Å². The third-order valence-electron chi connectivity index (χ3n) is 4.54. The standard InChI is InChI=1S/C22H26N2O4/c1-15(2)13-24-20-10-5-17(12-16(20)4-11-22(24)26)23-21(25)14-28-19-8-6-18(27-3)7-9-19/h5-10,12,15H,4,11,13-14H2,1-3H3,(H,23,25). The molecule has 2 amide bonds. The molecule has 0 aromatic heterocycles. The van der Waals surface area contributed by atoms with E-state index in [1.54, 1.807) is 31.4 Å². The number of benzene rings is 2. The van der Waals surface area contributed by atoms with Gasteiger partial charge >= 0.3 is 0 Å². The number of nitrogens with zero attached hydrogens (tertiary/aromatic N) is 1. The molecule has 2 aromatic rings. The Bertz CT molecular complexity index is 846. The zero-order valence-corrected chi connectivity index (χ0v) is 16.5. The van der Waals surface area contributed by atoms with Crippen LogP contribution in [-0.4, -0.2) is 32.1 Å². The first-order chi connectivity index (χ1) is 13.5. The maximum absolute atomic E-state index is 12.2. The Balaban J connectivity index is 1.61. The molecule has 3 rings (SSSR count). The van der Waals surface area contributed by atoms with Gasteiger partial charge in [0.1, 0.15) is 11.5 Å². The highest BCUT2D eigenvalue weighted by atomic mass is 16.5. The Labute approximate surface area is 165 Å². The summed E-state index contributed by atoms with van der Waals surface area (Å²) in [7, 11) is 1.60. The van der Waals surface area contributed by atoms with E-state index in [1.165, 1.54) is 0 Å². The van der Waals surface area contributed by atoms with E-state index in [4.69, 9.17) is 9.47 Å². The number of hydrogen-bond acceptors (Lipinski definition) is 4. The number of nitrogens with one attached hydrogen (secondary N) is 1. The fourth-order valence-corrected chi connectivity index (χ4v) is 3.22. The number of carbonyl (C=O) groups excluding carboxylic acids is 2. The first kappa shape index (κ1) is 19.7. The van der Waals surface area contributed by atoms with Crippen LogP contribution in [0, 0.1) is 5.92 Å². The van der Waals surface area contributed by atoms with E-state index in [1.807, 2.05) is 23.1 Å². The van der Waals surface area contributed by atoms with Crippen molar-refractivity contribution in [3.8, 4) is 11.5 Å². The molecule has 6 heteroatoms. The highest BCUT2D eigenvalue weighted by molar-refractivity contribution is 5.97. The number of ether oxygens (including phenoxy) is 2. The Morgan fingerprint density at radius 3 is 2.50 bits per heavy atom. The molecule has 1 aliphatic heterocycles. The van der Waals surface area contributed by atoms with Gasteiger partial charge in [-0.1, -0.05) is 13.8 Å². The smallest absolute Gasteiger partial charge is 0.262 e. The van der Waals surface area contributed by atoms with E-state index in [-0.39, 0.29) is 18.4 Å². The van der Waals surface area contributed by atoms with Crippen molar-refractivity contribution in [2.45, 2.75) is 26.7 Å². The van der Waals surface area contributed by atoms with Crippen molar-refractivity contribution < 1.29 is 19.1 Å². The molecule has 2 aromatic carbocycles. The molecule has 0 bridgehead atoms. The molecular formula is C22H26N2O4. The molecule has 1 N–H and O–H groups in total. The minimum atomic E-state index is -0.235. The van der Waals surface area contributed by atoms with E-state index in [0.29, 0.717) is 36.7 Å². The Morgan fingerprint density at radius 1 is 1.11 bits per heavy atom. The molecule has 0 fully saturated rings. The average molecular weight is 382 g/mol. The predicted octanol–water partition coefficient (Wildman–Crippen LogP) is 3.65. The minimum absolute atomic E-state index is 0.0820. The SMILES string of the molecule is COc1ccc(OCC(=O)Nc2ccc3c(c2)CCC(=O)N3CC(C)C)cc1. The van der Waals surface area contributed by atoms with Crippen LogP contribution in [0.1, 0.15) is 25.8 Å². The number of fused-ring (bicyclic) bond motifs is 1. The van der Waals surface area contributed by atoms with Gasteiger partial charge in [-0.3, -0.25) is 9.59 Å². The lowest BCUT2D eigenvalue weighted by atomic mass is 9.99. The first-order valence-corrected chi connectivity index (χ1v) is 9.46. The lowest BCUT2D eigenvalue weighted by Crippen LogP contribution is -2.37. The molecule has 0 unspecified atom stereocenters. The van der Waals surface area contributed by atoms with Crippen molar-refractivity contribution in [1.82, 2.24) is 0 Å². The summed E-state index contributed by atoms with van der Waals surface area (Å²) in [5.41, 5.74) is 2.73. The van der Waals surface area contributed by atoms with Gasteiger partial charge in [-0.15, -0.1) is 0 Å². The zero-order valence-electron chi connectivity index (χ0n) is 16.5. The fourth-order valence-electron chi connectivity index (χ4n) is 3.22. The van der Waals surface area contributed by atoms with Crippen LogP contribution in [-0.2, 0) is 16.0 Å². The van der Waals surface area contributed by atoms with Gasteiger partial charge in [-0.2, -0.15) is 0 Å². The summed E-state index contributed by atoms with van der Waals surface area (Å²) in [4.78, 5) is 26.3. The number of anilines is 2. The van der Waals surface area contributed by atoms with Gasteiger partial charge in [0.05, 0.1) is 7.11 Å². The first-order valence-electron chi connectivity index (χ1n) is 9.46. The van der Waals surface area contributed by atoms with E-state index < -0.39 is 0 Å².